The summed E-state index contributed by atoms with van der Waals surface area (Å²) in [5.41, 5.74) is 0.508. The summed E-state index contributed by atoms with van der Waals surface area (Å²) in [6.07, 6.45) is 4.80. The number of nitrogens with zero attached hydrogens (tertiary/aromatic N) is 2. The molecule has 0 aromatic carbocycles. The number of fused-ring (bicyclic) bond motifs is 1. The zero-order chi connectivity index (χ0) is 12.3. The van der Waals surface area contributed by atoms with E-state index in [1.54, 1.807) is 6.07 Å². The van der Waals surface area contributed by atoms with Gasteiger partial charge in [-0.2, -0.15) is 0 Å². The van der Waals surface area contributed by atoms with Crippen LogP contribution in [0.2, 0.25) is 0 Å². The van der Waals surface area contributed by atoms with Crippen molar-refractivity contribution >= 4 is 21.7 Å². The van der Waals surface area contributed by atoms with Crippen LogP contribution in [0.4, 0.5) is 5.69 Å². The second kappa shape index (κ2) is 4.70. The summed E-state index contributed by atoms with van der Waals surface area (Å²) >= 11 is 0. The smallest absolute Gasteiger partial charge is 0.267 e. The first-order valence-corrected chi connectivity index (χ1v) is 6.90. The molecule has 0 radical (unpaired) electrons. The van der Waals surface area contributed by atoms with Gasteiger partial charge in [-0.25, -0.2) is 13.1 Å². The van der Waals surface area contributed by atoms with E-state index < -0.39 is 10.0 Å². The van der Waals surface area contributed by atoms with E-state index in [9.17, 15) is 8.42 Å². The van der Waals surface area contributed by atoms with Crippen LogP contribution in [0, 0.1) is 0 Å². The van der Waals surface area contributed by atoms with Gasteiger partial charge in [-0.3, -0.25) is 9.98 Å². The van der Waals surface area contributed by atoms with Crippen molar-refractivity contribution in [2.45, 2.75) is 24.7 Å². The first kappa shape index (κ1) is 11.8. The average Bonchev–Trinajstić information content (AvgIpc) is 2.29. The lowest BCUT2D eigenvalue weighted by Crippen LogP contribution is -2.40. The number of hydrogen-bond donors (Lipinski definition) is 2. The summed E-state index contributed by atoms with van der Waals surface area (Å²) in [7, 11) is -3.53. The van der Waals surface area contributed by atoms with Crippen LogP contribution in [0.15, 0.2) is 28.3 Å². The Bertz CT molecular complexity index is 539. The molecule has 0 fully saturated rings. The van der Waals surface area contributed by atoms with Gasteiger partial charge in [-0.15, -0.1) is 0 Å². The standard InChI is InChI=1S/C10H14N4O2S/c1-2-3-5-12-10-13-8-4-6-11-7-9(8)17(15,16)14-10/h4,6-7H,2-3,5H2,1H3,(H2,12,13,14). The van der Waals surface area contributed by atoms with E-state index in [0.29, 0.717) is 12.2 Å². The van der Waals surface area contributed by atoms with Crippen LogP contribution in [0.25, 0.3) is 0 Å². The van der Waals surface area contributed by atoms with Gasteiger partial charge in [0, 0.05) is 18.9 Å². The number of hydrogen-bond acceptors (Lipinski definition) is 4. The molecule has 1 aliphatic rings. The Kier molecular flexibility index (Phi) is 3.28. The Morgan fingerprint density at radius 3 is 3.06 bits per heavy atom. The second-order valence-corrected chi connectivity index (χ2v) is 5.34. The zero-order valence-corrected chi connectivity index (χ0v) is 10.3. The minimum atomic E-state index is -3.53. The fraction of sp³-hybridized carbons (Fsp3) is 0.400. The maximum atomic E-state index is 11.8. The molecule has 0 saturated heterocycles. The summed E-state index contributed by atoms with van der Waals surface area (Å²) in [5.74, 6) is 0.275. The third-order valence-corrected chi connectivity index (χ3v) is 3.71. The Hall–Kier alpha value is -1.63. The third kappa shape index (κ3) is 2.55. The van der Waals surface area contributed by atoms with Crippen LogP contribution in [0.1, 0.15) is 19.8 Å². The molecule has 1 aliphatic heterocycles. The highest BCUT2D eigenvalue weighted by molar-refractivity contribution is 7.90. The van der Waals surface area contributed by atoms with Crippen molar-refractivity contribution in [2.75, 3.05) is 11.9 Å². The van der Waals surface area contributed by atoms with Crippen LogP contribution in [0.5, 0.6) is 0 Å². The molecule has 0 unspecified atom stereocenters. The van der Waals surface area contributed by atoms with Gasteiger partial charge >= 0.3 is 0 Å². The molecule has 17 heavy (non-hydrogen) atoms. The molecular weight excluding hydrogens is 240 g/mol. The van der Waals surface area contributed by atoms with E-state index in [4.69, 9.17) is 0 Å². The number of guanidine groups is 1. The van der Waals surface area contributed by atoms with Gasteiger partial charge in [0.15, 0.2) is 0 Å². The molecule has 0 atom stereocenters. The van der Waals surface area contributed by atoms with Gasteiger partial charge in [0.1, 0.15) is 4.90 Å². The summed E-state index contributed by atoms with van der Waals surface area (Å²) < 4.78 is 26.1. The SMILES string of the molecule is CCCCN=C1Nc2ccncc2S(=O)(=O)N1. The van der Waals surface area contributed by atoms with Crippen LogP contribution in [-0.2, 0) is 10.0 Å². The molecular formula is C10H14N4O2S. The number of pyridine rings is 1. The number of sulfonamides is 1. The van der Waals surface area contributed by atoms with E-state index in [1.165, 1.54) is 12.4 Å². The van der Waals surface area contributed by atoms with Gasteiger partial charge in [-0.1, -0.05) is 13.3 Å². The molecule has 2 rings (SSSR count). The number of aromatic nitrogens is 1. The molecule has 0 aliphatic carbocycles. The normalized spacial score (nSPS) is 19.2. The van der Waals surface area contributed by atoms with Crippen LogP contribution in [-0.4, -0.2) is 25.9 Å². The summed E-state index contributed by atoms with van der Waals surface area (Å²) in [6.45, 7) is 2.65. The molecule has 0 bridgehead atoms. The Balaban J connectivity index is 2.29. The number of unbranched alkanes of at least 4 members (excludes halogenated alkanes) is 1. The lowest BCUT2D eigenvalue weighted by Gasteiger charge is -2.20. The number of aliphatic imine (C=N–C) groups is 1. The molecule has 7 heteroatoms. The quantitative estimate of drug-likeness (QED) is 0.786. The van der Waals surface area contributed by atoms with Crippen molar-refractivity contribution in [3.05, 3.63) is 18.5 Å². The Morgan fingerprint density at radius 1 is 1.47 bits per heavy atom. The van der Waals surface area contributed by atoms with Crippen molar-refractivity contribution in [1.82, 2.24) is 9.71 Å². The van der Waals surface area contributed by atoms with Crippen molar-refractivity contribution < 1.29 is 8.42 Å². The molecule has 0 saturated carbocycles. The van der Waals surface area contributed by atoms with Crippen molar-refractivity contribution in [3.63, 3.8) is 0 Å². The first-order chi connectivity index (χ1) is 8.13. The summed E-state index contributed by atoms with van der Waals surface area (Å²) in [5, 5.41) is 2.93. The fourth-order valence-corrected chi connectivity index (χ4v) is 2.54. The van der Waals surface area contributed by atoms with E-state index in [0.717, 1.165) is 12.8 Å². The fourth-order valence-electron chi connectivity index (χ4n) is 1.45. The number of anilines is 1. The van der Waals surface area contributed by atoms with Crippen molar-refractivity contribution in [2.24, 2.45) is 4.99 Å². The van der Waals surface area contributed by atoms with Gasteiger partial charge in [0.2, 0.25) is 5.96 Å². The van der Waals surface area contributed by atoms with Gasteiger partial charge < -0.3 is 5.32 Å². The lowest BCUT2D eigenvalue weighted by atomic mass is 10.3. The predicted octanol–water partition coefficient (Wildman–Crippen LogP) is 0.941. The van der Waals surface area contributed by atoms with Gasteiger partial charge in [0.25, 0.3) is 10.0 Å². The minimum Gasteiger partial charge on any atom is -0.324 e. The van der Waals surface area contributed by atoms with E-state index in [-0.39, 0.29) is 10.9 Å². The molecule has 92 valence electrons. The highest BCUT2D eigenvalue weighted by atomic mass is 32.2. The zero-order valence-electron chi connectivity index (χ0n) is 9.47. The molecule has 6 nitrogen and oxygen atoms in total. The van der Waals surface area contributed by atoms with Gasteiger partial charge in [0.05, 0.1) is 5.69 Å². The molecule has 0 amide bonds. The molecule has 2 N–H and O–H groups in total. The largest absolute Gasteiger partial charge is 0.324 e. The van der Waals surface area contributed by atoms with Crippen LogP contribution in [0.3, 0.4) is 0 Å². The lowest BCUT2D eigenvalue weighted by molar-refractivity contribution is 0.591. The predicted molar refractivity (Wildman–Crippen MR) is 65.4 cm³/mol. The molecule has 0 spiro atoms. The van der Waals surface area contributed by atoms with Gasteiger partial charge in [-0.05, 0) is 12.5 Å². The molecule has 2 heterocycles. The first-order valence-electron chi connectivity index (χ1n) is 5.42. The van der Waals surface area contributed by atoms with E-state index in [1.807, 2.05) is 0 Å². The topological polar surface area (TPSA) is 83.5 Å². The van der Waals surface area contributed by atoms with Crippen molar-refractivity contribution in [3.8, 4) is 0 Å². The number of nitrogens with one attached hydrogen (secondary N) is 2. The molecule has 1 aromatic rings. The second-order valence-electron chi connectivity index (χ2n) is 3.69. The summed E-state index contributed by atoms with van der Waals surface area (Å²) in [6, 6.07) is 1.61. The maximum Gasteiger partial charge on any atom is 0.267 e. The monoisotopic (exact) mass is 254 g/mol. The van der Waals surface area contributed by atoms with Crippen molar-refractivity contribution in [1.29, 1.82) is 0 Å². The summed E-state index contributed by atoms with van der Waals surface area (Å²) in [4.78, 5) is 8.10. The van der Waals surface area contributed by atoms with Crippen LogP contribution < -0.4 is 10.0 Å². The van der Waals surface area contributed by atoms with Crippen LogP contribution >= 0.6 is 0 Å². The minimum absolute atomic E-state index is 0.148. The Morgan fingerprint density at radius 2 is 2.29 bits per heavy atom. The Labute approximate surface area is 100 Å². The highest BCUT2D eigenvalue weighted by Crippen LogP contribution is 2.22. The average molecular weight is 254 g/mol. The number of rotatable bonds is 3. The van der Waals surface area contributed by atoms with E-state index >= 15 is 0 Å². The maximum absolute atomic E-state index is 11.8. The highest BCUT2D eigenvalue weighted by Gasteiger charge is 2.26. The third-order valence-electron chi connectivity index (χ3n) is 2.34. The molecule has 1 aromatic heterocycles. The van der Waals surface area contributed by atoms with E-state index in [2.05, 4.69) is 26.9 Å².